The molecule has 0 radical (unpaired) electrons. The molecule has 2 atom stereocenters. The van der Waals surface area contributed by atoms with E-state index in [0.29, 0.717) is 5.75 Å². The van der Waals surface area contributed by atoms with Gasteiger partial charge in [0.05, 0.1) is 13.7 Å². The maximum absolute atomic E-state index is 13.1. The van der Waals surface area contributed by atoms with E-state index in [-0.39, 0.29) is 18.8 Å². The second-order valence-electron chi connectivity index (χ2n) is 5.95. The molecule has 0 aromatic heterocycles. The third kappa shape index (κ3) is 4.30. The molecule has 0 unspecified atom stereocenters. The molecule has 28 heavy (non-hydrogen) atoms. The Hall–Kier alpha value is -3.37. The molecule has 0 amide bonds. The van der Waals surface area contributed by atoms with E-state index in [1.807, 2.05) is 18.2 Å². The van der Waals surface area contributed by atoms with Crippen LogP contribution in [0.3, 0.4) is 0 Å². The Morgan fingerprint density at radius 3 is 2.29 bits per heavy atom. The Bertz CT molecular complexity index is 845. The zero-order chi connectivity index (χ0) is 20.6. The lowest BCUT2D eigenvalue weighted by atomic mass is 9.75. The highest BCUT2D eigenvalue weighted by Crippen LogP contribution is 2.31. The number of nitrogens with two attached hydrogens (primary N) is 1. The summed E-state index contributed by atoms with van der Waals surface area (Å²) in [5.74, 6) is -1.14. The van der Waals surface area contributed by atoms with Gasteiger partial charge in [0, 0.05) is 0 Å². The first-order valence-electron chi connectivity index (χ1n) is 8.71. The van der Waals surface area contributed by atoms with E-state index >= 15 is 0 Å². The number of nitrogens with one attached hydrogen (secondary N) is 1. The van der Waals surface area contributed by atoms with Gasteiger partial charge in [-0.05, 0) is 30.2 Å². The predicted octanol–water partition coefficient (Wildman–Crippen LogP) is 0.340. The van der Waals surface area contributed by atoms with Crippen molar-refractivity contribution in [1.82, 2.24) is 0 Å². The molecule has 7 heteroatoms. The lowest BCUT2D eigenvalue weighted by Crippen LogP contribution is -2.58. The van der Waals surface area contributed by atoms with Crippen LogP contribution in [0.25, 0.3) is 0 Å². The molecule has 0 aliphatic heterocycles. The van der Waals surface area contributed by atoms with Gasteiger partial charge in [-0.2, -0.15) is 0 Å². The van der Waals surface area contributed by atoms with Crippen LogP contribution in [0.15, 0.2) is 54.6 Å². The molecule has 2 aromatic rings. The summed E-state index contributed by atoms with van der Waals surface area (Å²) in [6.45, 7) is 1.68. The fourth-order valence-electron chi connectivity index (χ4n) is 2.73. The number of hydrogen-bond acceptors (Lipinski definition) is 6. The highest BCUT2D eigenvalue weighted by atomic mass is 16.5. The summed E-state index contributed by atoms with van der Waals surface area (Å²) in [6.07, 6.45) is 0. The number of carbonyl (C=O) groups excluding carboxylic acids is 2. The zero-order valence-electron chi connectivity index (χ0n) is 15.8. The standard InChI is InChI=1S/C21H22N2O5/c1-3-27-19(24)18(23)21(14-22,16-9-11-17(26-2)12-10-16)20(25)28-13-15-7-5-4-6-8-15/h4-12,18H,3,13,23H2,1-2H3/p+1/t18-,21-/m0/s1. The molecule has 0 saturated heterocycles. The van der Waals surface area contributed by atoms with Crippen molar-refractivity contribution in [2.45, 2.75) is 25.0 Å². The van der Waals surface area contributed by atoms with Crippen LogP contribution in [0.1, 0.15) is 18.1 Å². The first-order chi connectivity index (χ1) is 13.5. The van der Waals surface area contributed by atoms with Crippen molar-refractivity contribution < 1.29 is 29.1 Å². The fourth-order valence-corrected chi connectivity index (χ4v) is 2.73. The molecule has 0 saturated carbocycles. The van der Waals surface area contributed by atoms with Gasteiger partial charge in [0.1, 0.15) is 18.4 Å². The van der Waals surface area contributed by atoms with Gasteiger partial charge < -0.3 is 19.9 Å². The van der Waals surface area contributed by atoms with Crippen LogP contribution in [0.2, 0.25) is 0 Å². The summed E-state index contributed by atoms with van der Waals surface area (Å²) in [5.41, 5.74) is 5.16. The molecule has 3 N–H and O–H groups in total. The molecule has 7 nitrogen and oxygen atoms in total. The summed E-state index contributed by atoms with van der Waals surface area (Å²) in [4.78, 5) is 25.4. The highest BCUT2D eigenvalue weighted by Gasteiger charge is 2.55. The number of rotatable bonds is 8. The monoisotopic (exact) mass is 383 g/mol. The highest BCUT2D eigenvalue weighted by molar-refractivity contribution is 5.95. The average Bonchev–Trinajstić information content (AvgIpc) is 2.74. The molecule has 146 valence electrons. The van der Waals surface area contributed by atoms with Gasteiger partial charge >= 0.3 is 11.9 Å². The average molecular weight is 383 g/mol. The SMILES string of the molecule is CCOC(=O)[C@H](N)[C@@](C#[NH+])(C(=O)OCc1ccccc1)c1ccc(OC)cc1. The van der Waals surface area contributed by atoms with E-state index in [0.717, 1.165) is 5.56 Å². The van der Waals surface area contributed by atoms with Crippen molar-refractivity contribution in [3.63, 3.8) is 0 Å². The van der Waals surface area contributed by atoms with Gasteiger partial charge in [0.15, 0.2) is 0 Å². The van der Waals surface area contributed by atoms with Gasteiger partial charge in [-0.15, -0.1) is 0 Å². The molecular weight excluding hydrogens is 360 g/mol. The molecule has 0 fully saturated rings. The van der Waals surface area contributed by atoms with Gasteiger partial charge in [-0.25, -0.2) is 4.79 Å². The molecule has 2 rings (SSSR count). The second kappa shape index (κ2) is 9.53. The number of carbonyl (C=O) groups is 2. The first-order valence-corrected chi connectivity index (χ1v) is 8.71. The summed E-state index contributed by atoms with van der Waals surface area (Å²) in [6, 6.07) is 16.0. The Morgan fingerprint density at radius 2 is 1.75 bits per heavy atom. The molecular formula is C21H23N2O5+. The minimum atomic E-state index is -1.95. The molecule has 0 bridgehead atoms. The molecule has 0 spiro atoms. The van der Waals surface area contributed by atoms with Gasteiger partial charge in [-0.3, -0.25) is 4.79 Å². The normalized spacial score (nSPS) is 13.5. The second-order valence-corrected chi connectivity index (χ2v) is 5.95. The smallest absolute Gasteiger partial charge is 0.338 e. The number of hydrogen-bond donors (Lipinski definition) is 2. The third-order valence-electron chi connectivity index (χ3n) is 4.28. The van der Waals surface area contributed by atoms with Crippen molar-refractivity contribution in [3.05, 3.63) is 65.7 Å². The zero-order valence-corrected chi connectivity index (χ0v) is 15.8. The van der Waals surface area contributed by atoms with Crippen LogP contribution in [-0.4, -0.2) is 31.7 Å². The predicted molar refractivity (Wildman–Crippen MR) is 100 cm³/mol. The van der Waals surface area contributed by atoms with E-state index in [2.05, 4.69) is 6.07 Å². The van der Waals surface area contributed by atoms with E-state index in [1.165, 1.54) is 7.11 Å². The van der Waals surface area contributed by atoms with E-state index in [1.54, 1.807) is 43.3 Å². The van der Waals surface area contributed by atoms with Gasteiger partial charge in [0.2, 0.25) is 5.41 Å². The Balaban J connectivity index is 2.42. The van der Waals surface area contributed by atoms with Gasteiger partial charge in [-0.1, -0.05) is 47.7 Å². The summed E-state index contributed by atoms with van der Waals surface area (Å²) < 4.78 is 15.5. The Labute approximate surface area is 163 Å². The molecule has 0 aliphatic carbocycles. The van der Waals surface area contributed by atoms with Crippen LogP contribution in [0, 0.1) is 6.07 Å². The lowest BCUT2D eigenvalue weighted by Gasteiger charge is -2.27. The van der Waals surface area contributed by atoms with Gasteiger partial charge in [0.25, 0.3) is 6.07 Å². The number of ether oxygens (including phenoxy) is 3. The lowest BCUT2D eigenvalue weighted by molar-refractivity contribution is -0.161. The maximum Gasteiger partial charge on any atom is 0.338 e. The van der Waals surface area contributed by atoms with Crippen molar-refractivity contribution in [3.8, 4) is 11.8 Å². The van der Waals surface area contributed by atoms with Crippen LogP contribution in [-0.2, 0) is 31.1 Å². The fraction of sp³-hybridized carbons (Fsp3) is 0.286. The van der Waals surface area contributed by atoms with Crippen molar-refractivity contribution in [2.75, 3.05) is 13.7 Å². The maximum atomic E-state index is 13.1. The minimum absolute atomic E-state index is 0.0329. The Kier molecular flexibility index (Phi) is 7.13. The largest absolute Gasteiger partial charge is 0.497 e. The molecule has 0 aliphatic rings. The third-order valence-corrected chi connectivity index (χ3v) is 4.28. The molecule has 0 heterocycles. The van der Waals surface area contributed by atoms with Crippen molar-refractivity contribution >= 4 is 11.9 Å². The van der Waals surface area contributed by atoms with Crippen LogP contribution < -0.4 is 15.7 Å². The topological polar surface area (TPSA) is 112 Å². The first kappa shape index (κ1) is 20.9. The van der Waals surface area contributed by atoms with Crippen LogP contribution in [0.5, 0.6) is 5.75 Å². The number of esters is 2. The van der Waals surface area contributed by atoms with Crippen molar-refractivity contribution in [2.24, 2.45) is 5.73 Å². The Morgan fingerprint density at radius 1 is 1.11 bits per heavy atom. The van der Waals surface area contributed by atoms with E-state index < -0.39 is 23.4 Å². The number of benzene rings is 2. The van der Waals surface area contributed by atoms with Crippen LogP contribution >= 0.6 is 0 Å². The summed E-state index contributed by atoms with van der Waals surface area (Å²) in [7, 11) is 1.50. The van der Waals surface area contributed by atoms with E-state index in [4.69, 9.17) is 25.2 Å². The van der Waals surface area contributed by atoms with Crippen molar-refractivity contribution in [1.29, 1.82) is 0 Å². The number of methoxy groups -OCH3 is 1. The minimum Gasteiger partial charge on any atom is -0.497 e. The quantitative estimate of drug-likeness (QED) is 0.636. The van der Waals surface area contributed by atoms with E-state index in [9.17, 15) is 9.59 Å². The summed E-state index contributed by atoms with van der Waals surface area (Å²) in [5, 5.41) is 7.84. The summed E-state index contributed by atoms with van der Waals surface area (Å²) >= 11 is 0. The van der Waals surface area contributed by atoms with Crippen LogP contribution in [0.4, 0.5) is 0 Å². The molecule has 2 aromatic carbocycles.